The Labute approximate surface area is 133 Å². The fourth-order valence-electron chi connectivity index (χ4n) is 1.66. The Hall–Kier alpha value is -1.65. The van der Waals surface area contributed by atoms with Crippen molar-refractivity contribution in [3.8, 4) is 0 Å². The molecule has 0 unspecified atom stereocenters. The number of nitrogens with one attached hydrogen (secondary N) is 3. The first-order valence-electron chi connectivity index (χ1n) is 6.52. The smallest absolute Gasteiger partial charge is 0.314 e. The Balaban J connectivity index is 2.33. The summed E-state index contributed by atoms with van der Waals surface area (Å²) in [5, 5.41) is 13.2. The summed E-state index contributed by atoms with van der Waals surface area (Å²) in [6.07, 6.45) is -0.170. The zero-order chi connectivity index (χ0) is 16.8. The third kappa shape index (κ3) is 6.00. The Bertz CT molecular complexity index is 639. The van der Waals surface area contributed by atoms with Gasteiger partial charge in [0.05, 0.1) is 11.3 Å². The van der Waals surface area contributed by atoms with Crippen molar-refractivity contribution in [1.82, 2.24) is 15.4 Å². The van der Waals surface area contributed by atoms with Gasteiger partial charge in [-0.15, -0.1) is 11.3 Å². The maximum absolute atomic E-state index is 12.1. The summed E-state index contributed by atoms with van der Waals surface area (Å²) in [6.45, 7) is 3.73. The number of carboxylic acid groups (broad SMARTS) is 1. The van der Waals surface area contributed by atoms with Crippen LogP contribution in [0.2, 0.25) is 0 Å². The number of sulfonamides is 1. The van der Waals surface area contributed by atoms with Gasteiger partial charge < -0.3 is 15.7 Å². The largest absolute Gasteiger partial charge is 0.481 e. The number of aliphatic carboxylic acids is 1. The van der Waals surface area contributed by atoms with Gasteiger partial charge in [0.2, 0.25) is 10.0 Å². The van der Waals surface area contributed by atoms with E-state index in [2.05, 4.69) is 15.4 Å². The second kappa shape index (κ2) is 8.11. The van der Waals surface area contributed by atoms with Gasteiger partial charge in [-0.2, -0.15) is 0 Å². The predicted octanol–water partition coefficient (Wildman–Crippen LogP) is 0.417. The molecule has 0 saturated heterocycles. The van der Waals surface area contributed by atoms with Crippen molar-refractivity contribution in [3.05, 3.63) is 15.8 Å². The third-order valence-corrected chi connectivity index (χ3v) is 5.29. The molecule has 124 valence electrons. The fourth-order valence-corrected chi connectivity index (χ4v) is 4.24. The monoisotopic (exact) mass is 349 g/mol. The van der Waals surface area contributed by atoms with Crippen LogP contribution in [0.4, 0.5) is 4.79 Å². The molecule has 10 heteroatoms. The molecule has 4 N–H and O–H groups in total. The van der Waals surface area contributed by atoms with Gasteiger partial charge in [-0.05, 0) is 19.9 Å². The lowest BCUT2D eigenvalue weighted by Crippen LogP contribution is -2.40. The minimum absolute atomic E-state index is 0.0142. The number of amides is 2. The summed E-state index contributed by atoms with van der Waals surface area (Å²) < 4.78 is 26.5. The molecule has 8 nitrogen and oxygen atoms in total. The van der Waals surface area contributed by atoms with Gasteiger partial charge >= 0.3 is 12.0 Å². The number of carbonyl (C=O) groups is 2. The first kappa shape index (κ1) is 18.4. The van der Waals surface area contributed by atoms with Gasteiger partial charge in [-0.1, -0.05) is 0 Å². The Morgan fingerprint density at radius 3 is 2.36 bits per heavy atom. The number of carboxylic acids is 1. The van der Waals surface area contributed by atoms with Crippen molar-refractivity contribution >= 4 is 33.4 Å². The minimum atomic E-state index is -3.59. The molecule has 0 aliphatic carbocycles. The lowest BCUT2D eigenvalue weighted by Gasteiger charge is -2.08. The topological polar surface area (TPSA) is 125 Å². The molecule has 22 heavy (non-hydrogen) atoms. The van der Waals surface area contributed by atoms with Crippen molar-refractivity contribution in [2.24, 2.45) is 0 Å². The molecule has 0 bridgehead atoms. The molecule has 1 rings (SSSR count). The van der Waals surface area contributed by atoms with Crippen LogP contribution in [0.1, 0.15) is 16.2 Å². The van der Waals surface area contributed by atoms with Crippen LogP contribution in [0.15, 0.2) is 11.0 Å². The number of hydrogen-bond acceptors (Lipinski definition) is 5. The number of aryl methyl sites for hydroxylation is 2. The first-order chi connectivity index (χ1) is 10.2. The first-order valence-corrected chi connectivity index (χ1v) is 8.82. The molecule has 0 radical (unpaired) electrons. The van der Waals surface area contributed by atoms with Gasteiger partial charge in [0.1, 0.15) is 0 Å². The Morgan fingerprint density at radius 1 is 1.18 bits per heavy atom. The summed E-state index contributed by atoms with van der Waals surface area (Å²) in [6, 6.07) is 1.07. The normalized spacial score (nSPS) is 11.2. The van der Waals surface area contributed by atoms with E-state index in [4.69, 9.17) is 5.11 Å². The average molecular weight is 349 g/mol. The molecule has 0 aliphatic rings. The van der Waals surface area contributed by atoms with Crippen molar-refractivity contribution in [2.75, 3.05) is 19.6 Å². The van der Waals surface area contributed by atoms with Crippen LogP contribution in [0, 0.1) is 13.8 Å². The van der Waals surface area contributed by atoms with Gasteiger partial charge in [-0.3, -0.25) is 4.79 Å². The van der Waals surface area contributed by atoms with E-state index < -0.39 is 22.0 Å². The highest BCUT2D eigenvalue weighted by atomic mass is 32.2. The fraction of sp³-hybridized carbons (Fsp3) is 0.500. The lowest BCUT2D eigenvalue weighted by molar-refractivity contribution is -0.136. The summed E-state index contributed by atoms with van der Waals surface area (Å²) in [7, 11) is -3.59. The van der Waals surface area contributed by atoms with Crippen molar-refractivity contribution in [3.63, 3.8) is 0 Å². The van der Waals surface area contributed by atoms with Crippen molar-refractivity contribution in [2.45, 2.75) is 25.2 Å². The minimum Gasteiger partial charge on any atom is -0.481 e. The van der Waals surface area contributed by atoms with Crippen molar-refractivity contribution < 1.29 is 23.1 Å². The van der Waals surface area contributed by atoms with Crippen LogP contribution < -0.4 is 15.4 Å². The van der Waals surface area contributed by atoms with E-state index in [9.17, 15) is 18.0 Å². The van der Waals surface area contributed by atoms with E-state index in [1.165, 1.54) is 11.3 Å². The van der Waals surface area contributed by atoms with E-state index in [1.54, 1.807) is 13.0 Å². The maximum atomic E-state index is 12.1. The summed E-state index contributed by atoms with van der Waals surface area (Å²) in [5.41, 5.74) is 0. The van der Waals surface area contributed by atoms with Gasteiger partial charge in [0, 0.05) is 29.4 Å². The van der Waals surface area contributed by atoms with Crippen LogP contribution in [-0.4, -0.2) is 45.2 Å². The molecule has 1 aromatic heterocycles. The molecule has 0 spiro atoms. The maximum Gasteiger partial charge on any atom is 0.314 e. The van der Waals surface area contributed by atoms with E-state index >= 15 is 0 Å². The summed E-state index contributed by atoms with van der Waals surface area (Å²) >= 11 is 1.40. The van der Waals surface area contributed by atoms with E-state index in [0.29, 0.717) is 4.88 Å². The average Bonchev–Trinajstić information content (AvgIpc) is 2.74. The second-order valence-corrected chi connectivity index (χ2v) is 7.70. The SMILES string of the molecule is Cc1cc(S(=O)(=O)NCCNC(=O)NCCC(=O)O)c(C)s1. The van der Waals surface area contributed by atoms with Crippen molar-refractivity contribution in [1.29, 1.82) is 0 Å². The number of hydrogen-bond donors (Lipinski definition) is 4. The van der Waals surface area contributed by atoms with E-state index in [-0.39, 0.29) is 31.0 Å². The second-order valence-electron chi connectivity index (χ2n) is 4.50. The quantitative estimate of drug-likeness (QED) is 0.506. The molecular formula is C12H19N3O5S2. The molecule has 0 fully saturated rings. The zero-order valence-electron chi connectivity index (χ0n) is 12.3. The lowest BCUT2D eigenvalue weighted by atomic mass is 10.4. The summed E-state index contributed by atoms with van der Waals surface area (Å²) in [5.74, 6) is -1.01. The molecular weight excluding hydrogens is 330 g/mol. The van der Waals surface area contributed by atoms with E-state index in [1.807, 2.05) is 6.92 Å². The Kier molecular flexibility index (Phi) is 6.78. The van der Waals surface area contributed by atoms with Gasteiger partial charge in [-0.25, -0.2) is 17.9 Å². The molecule has 1 aromatic rings. The molecule has 0 atom stereocenters. The summed E-state index contributed by atoms with van der Waals surface area (Å²) in [4.78, 5) is 23.4. The number of rotatable bonds is 8. The number of urea groups is 1. The van der Waals surface area contributed by atoms with Crippen LogP contribution in [0.5, 0.6) is 0 Å². The number of thiophene rings is 1. The van der Waals surface area contributed by atoms with Crippen LogP contribution in [0.3, 0.4) is 0 Å². The highest BCUT2D eigenvalue weighted by Crippen LogP contribution is 2.24. The molecule has 0 aromatic carbocycles. The van der Waals surface area contributed by atoms with E-state index in [0.717, 1.165) is 4.88 Å². The highest BCUT2D eigenvalue weighted by molar-refractivity contribution is 7.89. The van der Waals surface area contributed by atoms with Crippen LogP contribution in [-0.2, 0) is 14.8 Å². The zero-order valence-corrected chi connectivity index (χ0v) is 13.9. The van der Waals surface area contributed by atoms with Gasteiger partial charge in [0.25, 0.3) is 0 Å². The highest BCUT2D eigenvalue weighted by Gasteiger charge is 2.18. The third-order valence-electron chi connectivity index (χ3n) is 2.61. The molecule has 0 aliphatic heterocycles. The Morgan fingerprint density at radius 2 is 1.82 bits per heavy atom. The molecule has 0 saturated carbocycles. The standard InChI is InChI=1S/C12H19N3O5S2/c1-8-7-10(9(2)21-8)22(19,20)15-6-5-14-12(18)13-4-3-11(16)17/h7,15H,3-6H2,1-2H3,(H,16,17)(H2,13,14,18). The predicted molar refractivity (Wildman–Crippen MR) is 82.6 cm³/mol. The molecule has 2 amide bonds. The molecule has 1 heterocycles. The van der Waals surface area contributed by atoms with Crippen LogP contribution >= 0.6 is 11.3 Å². The van der Waals surface area contributed by atoms with Crippen LogP contribution in [0.25, 0.3) is 0 Å². The van der Waals surface area contributed by atoms with Gasteiger partial charge in [0.15, 0.2) is 0 Å². The number of carbonyl (C=O) groups excluding carboxylic acids is 1.